The zero-order valence-electron chi connectivity index (χ0n) is 15.2. The lowest BCUT2D eigenvalue weighted by Gasteiger charge is -2.30. The van der Waals surface area contributed by atoms with Gasteiger partial charge in [-0.1, -0.05) is 23.5 Å². The van der Waals surface area contributed by atoms with E-state index in [-0.39, 0.29) is 11.8 Å². The van der Waals surface area contributed by atoms with Crippen LogP contribution in [0.15, 0.2) is 36.5 Å². The number of likely N-dealkylation sites (tertiary alicyclic amines) is 1. The Bertz CT molecular complexity index is 946. The zero-order chi connectivity index (χ0) is 18.8. The van der Waals surface area contributed by atoms with Gasteiger partial charge < -0.3 is 10.5 Å². The van der Waals surface area contributed by atoms with Gasteiger partial charge in [-0.05, 0) is 62.2 Å². The second kappa shape index (κ2) is 7.62. The molecule has 1 aliphatic rings. The van der Waals surface area contributed by atoms with Crippen molar-refractivity contribution < 1.29 is 9.53 Å². The number of nitrogens with two attached hydrogens (primary N) is 1. The molecule has 0 radical (unpaired) electrons. The number of piperidine rings is 1. The number of ether oxygens (including phenoxy) is 1. The Labute approximate surface area is 162 Å². The van der Waals surface area contributed by atoms with E-state index in [1.807, 2.05) is 25.1 Å². The topological polar surface area (TPSA) is 81.3 Å². The van der Waals surface area contributed by atoms with Gasteiger partial charge in [0, 0.05) is 18.7 Å². The maximum Gasteiger partial charge on any atom is 0.281 e. The summed E-state index contributed by atoms with van der Waals surface area (Å²) in [5, 5.41) is 0.605. The Morgan fingerprint density at radius 1 is 1.26 bits per heavy atom. The Kier molecular flexibility index (Phi) is 5.05. The van der Waals surface area contributed by atoms with Gasteiger partial charge in [-0.2, -0.15) is 4.98 Å². The molecule has 7 heteroatoms. The largest absolute Gasteiger partial charge is 0.431 e. The lowest BCUT2D eigenvalue weighted by atomic mass is 9.96. The second-order valence-electron chi connectivity index (χ2n) is 6.96. The van der Waals surface area contributed by atoms with E-state index in [9.17, 15) is 4.79 Å². The highest BCUT2D eigenvalue weighted by Crippen LogP contribution is 2.32. The third kappa shape index (κ3) is 4.09. The molecule has 0 atom stereocenters. The second-order valence-corrected chi connectivity index (χ2v) is 7.92. The fourth-order valence-corrected chi connectivity index (χ4v) is 4.24. The monoisotopic (exact) mass is 382 g/mol. The fraction of sp³-hybridized carbons (Fsp3) is 0.350. The number of amides is 1. The van der Waals surface area contributed by atoms with E-state index in [4.69, 9.17) is 10.5 Å². The van der Waals surface area contributed by atoms with Gasteiger partial charge in [0.05, 0.1) is 4.70 Å². The molecule has 1 aliphatic heterocycles. The first-order valence-electron chi connectivity index (χ1n) is 9.09. The molecule has 0 unspecified atom stereocenters. The van der Waals surface area contributed by atoms with Crippen molar-refractivity contribution in [2.75, 3.05) is 13.1 Å². The number of hydrogen-bond acceptors (Lipinski definition) is 6. The number of aromatic nitrogens is 2. The molecule has 0 spiro atoms. The van der Waals surface area contributed by atoms with E-state index in [2.05, 4.69) is 27.0 Å². The van der Waals surface area contributed by atoms with Crippen molar-refractivity contribution in [2.24, 2.45) is 11.7 Å². The molecular weight excluding hydrogens is 360 g/mol. The quantitative estimate of drug-likeness (QED) is 0.730. The number of benzene rings is 1. The van der Waals surface area contributed by atoms with Crippen molar-refractivity contribution in [3.05, 3.63) is 47.7 Å². The van der Waals surface area contributed by atoms with E-state index in [0.29, 0.717) is 5.19 Å². The highest BCUT2D eigenvalue weighted by atomic mass is 32.1. The summed E-state index contributed by atoms with van der Waals surface area (Å²) >= 11 is 1.51. The minimum atomic E-state index is -0.170. The molecule has 0 bridgehead atoms. The van der Waals surface area contributed by atoms with Crippen molar-refractivity contribution in [1.82, 2.24) is 14.9 Å². The van der Waals surface area contributed by atoms with Crippen molar-refractivity contribution in [1.29, 1.82) is 0 Å². The SMILES string of the molecule is Cc1ccnc2nc(Oc3ccc(CN4CCC(C(N)=O)CC4)cc3)sc12. The minimum Gasteiger partial charge on any atom is -0.431 e. The van der Waals surface area contributed by atoms with Gasteiger partial charge in [0.2, 0.25) is 5.91 Å². The molecule has 1 aromatic carbocycles. The summed E-state index contributed by atoms with van der Waals surface area (Å²) in [4.78, 5) is 22.4. The summed E-state index contributed by atoms with van der Waals surface area (Å²) in [6.07, 6.45) is 3.46. The number of thiazole rings is 1. The highest BCUT2D eigenvalue weighted by molar-refractivity contribution is 7.20. The highest BCUT2D eigenvalue weighted by Gasteiger charge is 2.22. The van der Waals surface area contributed by atoms with E-state index in [1.165, 1.54) is 16.9 Å². The number of carbonyl (C=O) groups excluding carboxylic acids is 1. The van der Waals surface area contributed by atoms with Gasteiger partial charge in [0.15, 0.2) is 5.65 Å². The van der Waals surface area contributed by atoms with Gasteiger partial charge in [-0.15, -0.1) is 0 Å². The molecule has 27 heavy (non-hydrogen) atoms. The first-order chi connectivity index (χ1) is 13.1. The first-order valence-corrected chi connectivity index (χ1v) is 9.91. The lowest BCUT2D eigenvalue weighted by molar-refractivity contribution is -0.123. The smallest absolute Gasteiger partial charge is 0.281 e. The molecule has 3 heterocycles. The van der Waals surface area contributed by atoms with Crippen LogP contribution in [0.1, 0.15) is 24.0 Å². The third-order valence-corrected chi connectivity index (χ3v) is 6.05. The number of carbonyl (C=O) groups is 1. The predicted octanol–water partition coefficient (Wildman–Crippen LogP) is 3.49. The Morgan fingerprint density at radius 2 is 2.00 bits per heavy atom. The van der Waals surface area contributed by atoms with Gasteiger partial charge >= 0.3 is 0 Å². The van der Waals surface area contributed by atoms with Crippen LogP contribution in [0, 0.1) is 12.8 Å². The molecule has 0 aliphatic carbocycles. The Hall–Kier alpha value is -2.51. The molecule has 0 saturated carbocycles. The molecule has 1 saturated heterocycles. The number of rotatable bonds is 5. The van der Waals surface area contributed by atoms with Crippen LogP contribution in [0.5, 0.6) is 10.9 Å². The van der Waals surface area contributed by atoms with Gasteiger partial charge in [-0.3, -0.25) is 9.69 Å². The number of nitrogens with zero attached hydrogens (tertiary/aromatic N) is 3. The molecule has 1 fully saturated rings. The molecule has 1 amide bonds. The molecule has 4 rings (SSSR count). The van der Waals surface area contributed by atoms with Crippen LogP contribution < -0.4 is 10.5 Å². The van der Waals surface area contributed by atoms with Crippen LogP contribution in [-0.2, 0) is 11.3 Å². The zero-order valence-corrected chi connectivity index (χ0v) is 16.0. The van der Waals surface area contributed by atoms with Crippen molar-refractivity contribution in [3.8, 4) is 10.9 Å². The van der Waals surface area contributed by atoms with Crippen molar-refractivity contribution in [3.63, 3.8) is 0 Å². The van der Waals surface area contributed by atoms with Crippen LogP contribution in [0.25, 0.3) is 10.3 Å². The van der Waals surface area contributed by atoms with E-state index >= 15 is 0 Å². The van der Waals surface area contributed by atoms with Crippen LogP contribution in [0.3, 0.4) is 0 Å². The molecule has 3 aromatic rings. The molecule has 140 valence electrons. The minimum absolute atomic E-state index is 0.0314. The normalized spacial score (nSPS) is 15.9. The van der Waals surface area contributed by atoms with Gasteiger partial charge in [0.1, 0.15) is 5.75 Å². The van der Waals surface area contributed by atoms with Crippen LogP contribution in [0.2, 0.25) is 0 Å². The van der Waals surface area contributed by atoms with Crippen molar-refractivity contribution in [2.45, 2.75) is 26.3 Å². The van der Waals surface area contributed by atoms with Crippen molar-refractivity contribution >= 4 is 27.6 Å². The van der Waals surface area contributed by atoms with Crippen LogP contribution >= 0.6 is 11.3 Å². The molecule has 2 aromatic heterocycles. The van der Waals surface area contributed by atoms with Gasteiger partial charge in [0.25, 0.3) is 5.19 Å². The van der Waals surface area contributed by atoms with E-state index in [1.54, 1.807) is 6.20 Å². The number of aryl methyl sites for hydroxylation is 1. The number of primary amides is 1. The summed E-state index contributed by atoms with van der Waals surface area (Å²) < 4.78 is 6.96. The molecule has 6 nitrogen and oxygen atoms in total. The number of pyridine rings is 1. The average Bonchev–Trinajstić information content (AvgIpc) is 3.08. The maximum absolute atomic E-state index is 11.3. The Balaban J connectivity index is 1.37. The third-order valence-electron chi connectivity index (χ3n) is 4.99. The molecule has 2 N–H and O–H groups in total. The summed E-state index contributed by atoms with van der Waals surface area (Å²) in [5.74, 6) is 0.628. The fourth-order valence-electron chi connectivity index (χ4n) is 3.37. The van der Waals surface area contributed by atoms with Gasteiger partial charge in [-0.25, -0.2) is 4.98 Å². The van der Waals surface area contributed by atoms with E-state index in [0.717, 1.165) is 54.1 Å². The summed E-state index contributed by atoms with van der Waals surface area (Å²) in [6, 6.07) is 10.1. The Morgan fingerprint density at radius 3 is 2.67 bits per heavy atom. The predicted molar refractivity (Wildman–Crippen MR) is 106 cm³/mol. The lowest BCUT2D eigenvalue weighted by Crippen LogP contribution is -2.38. The maximum atomic E-state index is 11.3. The standard InChI is InChI=1S/C20H22N4O2S/c1-13-6-9-22-19-17(13)27-20(23-19)26-16-4-2-14(3-5-16)12-24-10-7-15(8-11-24)18(21)25/h2-6,9,15H,7-8,10-12H2,1H3,(H2,21,25). The average molecular weight is 382 g/mol. The molecular formula is C20H22N4O2S. The number of fused-ring (bicyclic) bond motifs is 1. The van der Waals surface area contributed by atoms with Crippen LogP contribution in [0.4, 0.5) is 0 Å². The summed E-state index contributed by atoms with van der Waals surface area (Å²) in [5.41, 5.74) is 8.51. The van der Waals surface area contributed by atoms with Crippen LogP contribution in [-0.4, -0.2) is 33.9 Å². The first kappa shape index (κ1) is 17.9. The number of hydrogen-bond donors (Lipinski definition) is 1. The summed E-state index contributed by atoms with van der Waals surface area (Å²) in [6.45, 7) is 4.73. The van der Waals surface area contributed by atoms with E-state index < -0.39 is 0 Å². The summed E-state index contributed by atoms with van der Waals surface area (Å²) in [7, 11) is 0.